The molecule has 0 aromatic heterocycles. The van der Waals surface area contributed by atoms with Crippen molar-refractivity contribution in [2.75, 3.05) is 6.54 Å². The Morgan fingerprint density at radius 2 is 1.94 bits per heavy atom. The Bertz CT molecular complexity index is 420. The molecule has 0 bridgehead atoms. The summed E-state index contributed by atoms with van der Waals surface area (Å²) in [5.41, 5.74) is 0.768. The second kappa shape index (κ2) is 6.58. The summed E-state index contributed by atoms with van der Waals surface area (Å²) in [5.74, 6) is -1.31. The van der Waals surface area contributed by atoms with Gasteiger partial charge >= 0.3 is 12.0 Å². The van der Waals surface area contributed by atoms with E-state index in [4.69, 9.17) is 5.11 Å². The average molecular weight is 254 g/mol. The van der Waals surface area contributed by atoms with Crippen LogP contribution in [-0.4, -0.2) is 23.7 Å². The molecule has 0 fully saturated rings. The van der Waals surface area contributed by atoms with Crippen molar-refractivity contribution in [3.63, 3.8) is 0 Å². The van der Waals surface area contributed by atoms with Crippen molar-refractivity contribution < 1.29 is 19.1 Å². The van der Waals surface area contributed by atoms with E-state index in [0.29, 0.717) is 0 Å². The number of benzene rings is 1. The van der Waals surface area contributed by atoms with Crippen LogP contribution < -0.4 is 10.6 Å². The maximum absolute atomic E-state index is 12.7. The maximum Gasteiger partial charge on any atom is 0.315 e. The van der Waals surface area contributed by atoms with E-state index >= 15 is 0 Å². The summed E-state index contributed by atoms with van der Waals surface area (Å²) in [6.45, 7) is 1.82. The van der Waals surface area contributed by atoms with Gasteiger partial charge in [0, 0.05) is 6.54 Å². The predicted molar refractivity (Wildman–Crippen MR) is 63.6 cm³/mol. The van der Waals surface area contributed by atoms with E-state index in [0.717, 1.165) is 5.56 Å². The first-order valence-corrected chi connectivity index (χ1v) is 5.50. The Morgan fingerprint density at radius 3 is 2.50 bits per heavy atom. The molecule has 0 aliphatic rings. The quantitative estimate of drug-likeness (QED) is 0.747. The van der Waals surface area contributed by atoms with Gasteiger partial charge in [0.25, 0.3) is 0 Å². The van der Waals surface area contributed by atoms with Crippen molar-refractivity contribution >= 4 is 12.0 Å². The molecule has 0 aliphatic carbocycles. The van der Waals surface area contributed by atoms with Crippen LogP contribution in [0.25, 0.3) is 0 Å². The lowest BCUT2D eigenvalue weighted by Gasteiger charge is -2.14. The van der Waals surface area contributed by atoms with Crippen LogP contribution >= 0.6 is 0 Å². The second-order valence-corrected chi connectivity index (χ2v) is 3.82. The molecule has 0 aliphatic heterocycles. The molecule has 1 aromatic rings. The van der Waals surface area contributed by atoms with Crippen LogP contribution in [0.15, 0.2) is 24.3 Å². The fraction of sp³-hybridized carbons (Fsp3) is 0.333. The Balaban J connectivity index is 2.39. The van der Waals surface area contributed by atoms with E-state index in [1.165, 1.54) is 12.1 Å². The SMILES string of the molecule is CC(NC(=O)NCCC(=O)O)c1ccc(F)cc1. The number of carbonyl (C=O) groups is 2. The number of aliphatic carboxylic acids is 1. The fourth-order valence-corrected chi connectivity index (χ4v) is 1.37. The molecule has 2 amide bonds. The van der Waals surface area contributed by atoms with Crippen molar-refractivity contribution in [1.82, 2.24) is 10.6 Å². The lowest BCUT2D eigenvalue weighted by molar-refractivity contribution is -0.136. The molecule has 0 heterocycles. The highest BCUT2D eigenvalue weighted by Crippen LogP contribution is 2.12. The number of halogens is 1. The lowest BCUT2D eigenvalue weighted by atomic mass is 10.1. The molecule has 1 rings (SSSR count). The maximum atomic E-state index is 12.7. The molecule has 1 aromatic carbocycles. The van der Waals surface area contributed by atoms with Gasteiger partial charge in [0.2, 0.25) is 0 Å². The van der Waals surface area contributed by atoms with Crippen LogP contribution in [0.2, 0.25) is 0 Å². The molecule has 3 N–H and O–H groups in total. The van der Waals surface area contributed by atoms with Gasteiger partial charge in [-0.2, -0.15) is 0 Å². The molecule has 0 saturated carbocycles. The number of hydrogen-bond donors (Lipinski definition) is 3. The van der Waals surface area contributed by atoms with Gasteiger partial charge in [0.1, 0.15) is 5.82 Å². The highest BCUT2D eigenvalue weighted by molar-refractivity contribution is 5.75. The number of nitrogens with one attached hydrogen (secondary N) is 2. The van der Waals surface area contributed by atoms with Gasteiger partial charge in [-0.05, 0) is 24.6 Å². The fourth-order valence-electron chi connectivity index (χ4n) is 1.37. The number of rotatable bonds is 5. The van der Waals surface area contributed by atoms with Crippen LogP contribution in [0.5, 0.6) is 0 Å². The molecule has 0 radical (unpaired) electrons. The molecule has 0 saturated heterocycles. The van der Waals surface area contributed by atoms with Crippen LogP contribution in [0.1, 0.15) is 24.9 Å². The third-order valence-corrected chi connectivity index (χ3v) is 2.34. The third kappa shape index (κ3) is 4.82. The van der Waals surface area contributed by atoms with Crippen molar-refractivity contribution in [1.29, 1.82) is 0 Å². The summed E-state index contributed by atoms with van der Waals surface area (Å²) in [4.78, 5) is 21.6. The summed E-state index contributed by atoms with van der Waals surface area (Å²) in [6.07, 6.45) is -0.127. The van der Waals surface area contributed by atoms with Gasteiger partial charge in [-0.3, -0.25) is 4.79 Å². The molecule has 5 nitrogen and oxygen atoms in total. The molecule has 18 heavy (non-hydrogen) atoms. The smallest absolute Gasteiger partial charge is 0.315 e. The highest BCUT2D eigenvalue weighted by Gasteiger charge is 2.09. The van der Waals surface area contributed by atoms with Gasteiger partial charge < -0.3 is 15.7 Å². The largest absolute Gasteiger partial charge is 0.481 e. The standard InChI is InChI=1S/C12H15FN2O3/c1-8(9-2-4-10(13)5-3-9)15-12(18)14-7-6-11(16)17/h2-5,8H,6-7H2,1H3,(H,16,17)(H2,14,15,18). The minimum absolute atomic E-state index is 0.0668. The molecule has 0 spiro atoms. The van der Waals surface area contributed by atoms with E-state index in [1.807, 2.05) is 0 Å². The van der Waals surface area contributed by atoms with E-state index in [2.05, 4.69) is 10.6 Å². The van der Waals surface area contributed by atoms with Crippen LogP contribution in [0.4, 0.5) is 9.18 Å². The first-order chi connectivity index (χ1) is 8.49. The number of urea groups is 1. The predicted octanol–water partition coefficient (Wildman–Crippen LogP) is 1.66. The van der Waals surface area contributed by atoms with Gasteiger partial charge in [-0.25, -0.2) is 9.18 Å². The molecule has 98 valence electrons. The van der Waals surface area contributed by atoms with Crippen LogP contribution in [0, 0.1) is 5.82 Å². The second-order valence-electron chi connectivity index (χ2n) is 3.82. The zero-order valence-corrected chi connectivity index (χ0v) is 9.94. The topological polar surface area (TPSA) is 78.4 Å². The van der Waals surface area contributed by atoms with Crippen molar-refractivity contribution in [2.24, 2.45) is 0 Å². The van der Waals surface area contributed by atoms with E-state index < -0.39 is 12.0 Å². The van der Waals surface area contributed by atoms with Gasteiger partial charge in [-0.1, -0.05) is 12.1 Å². The summed E-state index contributed by atoms with van der Waals surface area (Å²) >= 11 is 0. The van der Waals surface area contributed by atoms with Gasteiger partial charge in [0.05, 0.1) is 12.5 Å². The van der Waals surface area contributed by atoms with E-state index in [9.17, 15) is 14.0 Å². The Morgan fingerprint density at radius 1 is 1.33 bits per heavy atom. The summed E-state index contributed by atoms with van der Waals surface area (Å²) in [5, 5.41) is 13.5. The zero-order valence-electron chi connectivity index (χ0n) is 9.94. The number of carboxylic acid groups (broad SMARTS) is 1. The monoisotopic (exact) mass is 254 g/mol. The minimum Gasteiger partial charge on any atom is -0.481 e. The summed E-state index contributed by atoms with van der Waals surface area (Å²) in [7, 11) is 0. The van der Waals surface area contributed by atoms with Crippen LogP contribution in [-0.2, 0) is 4.79 Å². The lowest BCUT2D eigenvalue weighted by Crippen LogP contribution is -2.38. The molecular weight excluding hydrogens is 239 g/mol. The number of carbonyl (C=O) groups excluding carboxylic acids is 1. The number of hydrogen-bond acceptors (Lipinski definition) is 2. The average Bonchev–Trinajstić information content (AvgIpc) is 2.29. The van der Waals surface area contributed by atoms with Crippen molar-refractivity contribution in [2.45, 2.75) is 19.4 Å². The molecular formula is C12H15FN2O3. The van der Waals surface area contributed by atoms with Crippen molar-refractivity contribution in [3.8, 4) is 0 Å². The number of carboxylic acids is 1. The van der Waals surface area contributed by atoms with Crippen LogP contribution in [0.3, 0.4) is 0 Å². The minimum atomic E-state index is -0.970. The third-order valence-electron chi connectivity index (χ3n) is 2.34. The molecule has 6 heteroatoms. The Kier molecular flexibility index (Phi) is 5.10. The van der Waals surface area contributed by atoms with Gasteiger partial charge in [0.15, 0.2) is 0 Å². The van der Waals surface area contributed by atoms with E-state index in [1.54, 1.807) is 19.1 Å². The van der Waals surface area contributed by atoms with Gasteiger partial charge in [-0.15, -0.1) is 0 Å². The zero-order chi connectivity index (χ0) is 13.5. The highest BCUT2D eigenvalue weighted by atomic mass is 19.1. The van der Waals surface area contributed by atoms with Crippen molar-refractivity contribution in [3.05, 3.63) is 35.6 Å². The summed E-state index contributed by atoms with van der Waals surface area (Å²) in [6, 6.07) is 5.06. The first kappa shape index (κ1) is 14.0. The number of amides is 2. The van der Waals surface area contributed by atoms with E-state index in [-0.39, 0.29) is 24.8 Å². The normalized spacial score (nSPS) is 11.7. The Labute approximate surface area is 104 Å². The molecule has 1 unspecified atom stereocenters. The molecule has 1 atom stereocenters. The first-order valence-electron chi connectivity index (χ1n) is 5.50. The Hall–Kier alpha value is -2.11. The summed E-state index contributed by atoms with van der Waals surface area (Å²) < 4.78 is 12.7.